The summed E-state index contributed by atoms with van der Waals surface area (Å²) in [5.74, 6) is -3.29. The monoisotopic (exact) mass is 430 g/mol. The topological polar surface area (TPSA) is 27.7 Å². The van der Waals surface area contributed by atoms with E-state index in [0.717, 1.165) is 31.7 Å². The van der Waals surface area contributed by atoms with Crippen LogP contribution in [0.2, 0.25) is 0 Å². The van der Waals surface area contributed by atoms with Crippen molar-refractivity contribution in [3.05, 3.63) is 41.0 Å². The summed E-state index contributed by atoms with van der Waals surface area (Å²) in [5, 5.41) is 0. The molecule has 1 aromatic carbocycles. The minimum absolute atomic E-state index is 0.106. The van der Waals surface area contributed by atoms with Crippen molar-refractivity contribution in [2.45, 2.75) is 76.4 Å². The lowest BCUT2D eigenvalue weighted by atomic mass is 9.89. The molecule has 1 aromatic rings. The van der Waals surface area contributed by atoms with E-state index in [1.165, 1.54) is 12.1 Å². The third-order valence-electron chi connectivity index (χ3n) is 5.78. The smallest absolute Gasteiger partial charge is 0.214 e. The molecule has 0 amide bonds. The van der Waals surface area contributed by atoms with Crippen LogP contribution in [0.3, 0.4) is 0 Å². The summed E-state index contributed by atoms with van der Waals surface area (Å²) in [7, 11) is 0. The Kier molecular flexibility index (Phi) is 7.93. The number of benzene rings is 1. The van der Waals surface area contributed by atoms with Gasteiger partial charge in [0.25, 0.3) is 0 Å². The van der Waals surface area contributed by atoms with Crippen LogP contribution in [0.4, 0.5) is 17.6 Å². The fourth-order valence-corrected chi connectivity index (χ4v) is 4.12. The first-order chi connectivity index (χ1) is 14.4. The molecule has 0 spiro atoms. The molecule has 0 radical (unpaired) electrons. The van der Waals surface area contributed by atoms with E-state index in [4.69, 9.17) is 14.2 Å². The van der Waals surface area contributed by atoms with E-state index in [9.17, 15) is 17.6 Å². The molecule has 3 nitrogen and oxygen atoms in total. The number of halogens is 4. The molecule has 0 bridgehead atoms. The number of hydrogen-bond acceptors (Lipinski definition) is 3. The van der Waals surface area contributed by atoms with Crippen LogP contribution in [0.25, 0.3) is 5.83 Å². The Labute approximate surface area is 175 Å². The number of rotatable bonds is 7. The van der Waals surface area contributed by atoms with Crippen molar-refractivity contribution in [2.75, 3.05) is 19.8 Å². The van der Waals surface area contributed by atoms with Crippen molar-refractivity contribution in [3.63, 3.8) is 0 Å². The molecule has 2 aliphatic rings. The fraction of sp³-hybridized carbons (Fsp3) is 0.652. The fourth-order valence-electron chi connectivity index (χ4n) is 4.12. The average Bonchev–Trinajstić information content (AvgIpc) is 2.74. The first-order valence-corrected chi connectivity index (χ1v) is 10.8. The summed E-state index contributed by atoms with van der Waals surface area (Å²) in [6.07, 6.45) is 3.04. The van der Waals surface area contributed by atoms with Crippen LogP contribution in [0, 0.1) is 5.82 Å². The first-order valence-electron chi connectivity index (χ1n) is 10.8. The van der Waals surface area contributed by atoms with Crippen LogP contribution in [0.5, 0.6) is 0 Å². The van der Waals surface area contributed by atoms with Gasteiger partial charge >= 0.3 is 0 Å². The Bertz CT molecular complexity index is 736. The van der Waals surface area contributed by atoms with E-state index in [1.807, 2.05) is 6.92 Å². The van der Waals surface area contributed by atoms with E-state index in [-0.39, 0.29) is 37.2 Å². The summed E-state index contributed by atoms with van der Waals surface area (Å²) < 4.78 is 74.0. The molecule has 0 aliphatic carbocycles. The third-order valence-corrected chi connectivity index (χ3v) is 5.78. The van der Waals surface area contributed by atoms with Crippen molar-refractivity contribution in [1.82, 2.24) is 0 Å². The number of hydrogen-bond donors (Lipinski definition) is 0. The molecular weight excluding hydrogens is 400 g/mol. The maximum atomic E-state index is 14.7. The van der Waals surface area contributed by atoms with Crippen LogP contribution in [0.1, 0.15) is 69.4 Å². The summed E-state index contributed by atoms with van der Waals surface area (Å²) >= 11 is 0. The molecule has 0 aromatic heterocycles. The molecule has 2 unspecified atom stereocenters. The predicted octanol–water partition coefficient (Wildman–Crippen LogP) is 6.38. The van der Waals surface area contributed by atoms with Gasteiger partial charge in [-0.1, -0.05) is 38.8 Å². The van der Waals surface area contributed by atoms with Crippen LogP contribution in [0.15, 0.2) is 24.0 Å². The molecule has 2 atom stereocenters. The Morgan fingerprint density at radius 2 is 1.80 bits per heavy atom. The largest absolute Gasteiger partial charge is 0.378 e. The van der Waals surface area contributed by atoms with Gasteiger partial charge in [0.05, 0.1) is 25.9 Å². The van der Waals surface area contributed by atoms with E-state index < -0.39 is 29.4 Å². The minimum atomic E-state index is -1.70. The van der Waals surface area contributed by atoms with Gasteiger partial charge in [-0.25, -0.2) is 17.6 Å². The third kappa shape index (κ3) is 5.42. The molecule has 30 heavy (non-hydrogen) atoms. The van der Waals surface area contributed by atoms with Gasteiger partial charge in [0, 0.05) is 11.5 Å². The van der Waals surface area contributed by atoms with Crippen molar-refractivity contribution in [2.24, 2.45) is 0 Å². The summed E-state index contributed by atoms with van der Waals surface area (Å²) in [6.45, 7) is 3.58. The lowest BCUT2D eigenvalue weighted by molar-refractivity contribution is -0.223. The standard InChI is InChI=1S/C23H30F4O3/c1-3-5-17-8-6-16(12-28-17)18-9-7-15(11-19(18)24)20(25)21(26)22-29-13-23(27,10-4-2)14-30-22/h7,9,11,16-17,22H,3-6,8,10,12-14H2,1-2H3. The lowest BCUT2D eigenvalue weighted by Crippen LogP contribution is -2.44. The molecule has 2 fully saturated rings. The molecule has 168 valence electrons. The quantitative estimate of drug-likeness (QED) is 0.470. The van der Waals surface area contributed by atoms with E-state index in [0.29, 0.717) is 18.6 Å². The average molecular weight is 430 g/mol. The van der Waals surface area contributed by atoms with Gasteiger partial charge in [0.15, 0.2) is 17.3 Å². The molecule has 7 heteroatoms. The van der Waals surface area contributed by atoms with Gasteiger partial charge in [0.2, 0.25) is 6.29 Å². The summed E-state index contributed by atoms with van der Waals surface area (Å²) in [5.41, 5.74) is -1.51. The van der Waals surface area contributed by atoms with Crippen molar-refractivity contribution >= 4 is 5.83 Å². The molecule has 2 heterocycles. The SMILES string of the molecule is CCCC1CCC(c2ccc(C(F)=C(F)C3OCC(F)(CCC)CO3)cc2F)CO1. The summed E-state index contributed by atoms with van der Waals surface area (Å²) in [6, 6.07) is 3.79. The van der Waals surface area contributed by atoms with Gasteiger partial charge < -0.3 is 14.2 Å². The van der Waals surface area contributed by atoms with Gasteiger partial charge in [0.1, 0.15) is 5.82 Å². The zero-order valence-electron chi connectivity index (χ0n) is 17.6. The molecule has 0 N–H and O–H groups in total. The highest BCUT2D eigenvalue weighted by Gasteiger charge is 2.38. The second-order valence-corrected chi connectivity index (χ2v) is 8.27. The van der Waals surface area contributed by atoms with E-state index >= 15 is 0 Å². The first kappa shape index (κ1) is 23.2. The molecule has 2 saturated heterocycles. The maximum Gasteiger partial charge on any atom is 0.214 e. The zero-order valence-corrected chi connectivity index (χ0v) is 17.6. The van der Waals surface area contributed by atoms with Crippen LogP contribution in [-0.2, 0) is 14.2 Å². The van der Waals surface area contributed by atoms with E-state index in [1.54, 1.807) is 0 Å². The van der Waals surface area contributed by atoms with Gasteiger partial charge in [-0.2, -0.15) is 0 Å². The second kappa shape index (κ2) is 10.2. The van der Waals surface area contributed by atoms with Crippen LogP contribution >= 0.6 is 0 Å². The number of alkyl halides is 1. The van der Waals surface area contributed by atoms with Gasteiger partial charge in [-0.05, 0) is 37.3 Å². The normalized spacial score (nSPS) is 30.8. The minimum Gasteiger partial charge on any atom is -0.378 e. The van der Waals surface area contributed by atoms with E-state index in [2.05, 4.69) is 6.92 Å². The van der Waals surface area contributed by atoms with Crippen molar-refractivity contribution in [1.29, 1.82) is 0 Å². The Hall–Kier alpha value is -1.44. The number of ether oxygens (including phenoxy) is 3. The highest BCUT2D eigenvalue weighted by molar-refractivity contribution is 5.62. The van der Waals surface area contributed by atoms with Crippen LogP contribution in [-0.4, -0.2) is 37.9 Å². The van der Waals surface area contributed by atoms with Gasteiger partial charge in [-0.3, -0.25) is 0 Å². The maximum absolute atomic E-state index is 14.7. The molecule has 2 aliphatic heterocycles. The molecular formula is C23H30F4O3. The Morgan fingerprint density at radius 1 is 1.07 bits per heavy atom. The molecule has 0 saturated carbocycles. The lowest BCUT2D eigenvalue weighted by Gasteiger charge is -2.33. The predicted molar refractivity (Wildman–Crippen MR) is 107 cm³/mol. The zero-order chi connectivity index (χ0) is 21.7. The highest BCUT2D eigenvalue weighted by Crippen LogP contribution is 2.35. The molecule has 3 rings (SSSR count). The van der Waals surface area contributed by atoms with Crippen LogP contribution < -0.4 is 0 Å². The Morgan fingerprint density at radius 3 is 2.37 bits per heavy atom. The summed E-state index contributed by atoms with van der Waals surface area (Å²) in [4.78, 5) is 0. The Balaban J connectivity index is 1.67. The highest BCUT2D eigenvalue weighted by atomic mass is 19.2. The second-order valence-electron chi connectivity index (χ2n) is 8.27. The van der Waals surface area contributed by atoms with Crippen molar-refractivity contribution in [3.8, 4) is 0 Å². The van der Waals surface area contributed by atoms with Gasteiger partial charge in [-0.15, -0.1) is 0 Å². The van der Waals surface area contributed by atoms with Crippen molar-refractivity contribution < 1.29 is 31.8 Å².